The Morgan fingerprint density at radius 1 is 1.20 bits per heavy atom. The van der Waals surface area contributed by atoms with Gasteiger partial charge in [0.15, 0.2) is 11.5 Å². The summed E-state index contributed by atoms with van der Waals surface area (Å²) in [4.78, 5) is 12.2. The third-order valence-corrected chi connectivity index (χ3v) is 4.75. The Morgan fingerprint density at radius 2 is 1.97 bits per heavy atom. The van der Waals surface area contributed by atoms with Crippen molar-refractivity contribution in [3.63, 3.8) is 0 Å². The molecule has 0 bridgehead atoms. The van der Waals surface area contributed by atoms with Gasteiger partial charge in [0.1, 0.15) is 18.2 Å². The fraction of sp³-hybridized carbons (Fsp3) is 0.227. The standard InChI is InChI=1S/C22H20BrN3O4/c1-28-8-7-26-22(27)18(13-25)9-17-10-20(29-2)21(11-19(17)23)30-14-16-6-4-3-5-15(16)12-24/h3-6,9-11H,7-8,14H2,1-2H3,(H,26,27)/b18-9+. The van der Waals surface area contributed by atoms with Gasteiger partial charge < -0.3 is 19.5 Å². The molecule has 0 saturated heterocycles. The molecule has 0 heterocycles. The Kier molecular flexibility index (Phi) is 8.89. The van der Waals surface area contributed by atoms with Gasteiger partial charge in [-0.2, -0.15) is 10.5 Å². The number of rotatable bonds is 9. The molecule has 0 radical (unpaired) electrons. The van der Waals surface area contributed by atoms with E-state index in [2.05, 4.69) is 27.3 Å². The van der Waals surface area contributed by atoms with Crippen LogP contribution < -0.4 is 14.8 Å². The minimum atomic E-state index is -0.492. The molecule has 0 unspecified atom stereocenters. The zero-order chi connectivity index (χ0) is 21.9. The molecule has 8 heteroatoms. The zero-order valence-electron chi connectivity index (χ0n) is 16.6. The number of benzene rings is 2. The molecule has 2 rings (SSSR count). The number of methoxy groups -OCH3 is 2. The molecule has 0 atom stereocenters. The molecule has 0 aliphatic carbocycles. The van der Waals surface area contributed by atoms with Crippen molar-refractivity contribution in [2.45, 2.75) is 6.61 Å². The van der Waals surface area contributed by atoms with Gasteiger partial charge in [-0.3, -0.25) is 4.79 Å². The van der Waals surface area contributed by atoms with Gasteiger partial charge in [-0.15, -0.1) is 0 Å². The maximum atomic E-state index is 12.2. The van der Waals surface area contributed by atoms with Crippen molar-refractivity contribution in [3.8, 4) is 23.6 Å². The highest BCUT2D eigenvalue weighted by Crippen LogP contribution is 2.35. The van der Waals surface area contributed by atoms with E-state index in [0.29, 0.717) is 40.3 Å². The highest BCUT2D eigenvalue weighted by Gasteiger charge is 2.14. The van der Waals surface area contributed by atoms with E-state index in [0.717, 1.165) is 5.56 Å². The van der Waals surface area contributed by atoms with Crippen LogP contribution in [0.1, 0.15) is 16.7 Å². The second-order valence-electron chi connectivity index (χ2n) is 6.00. The van der Waals surface area contributed by atoms with Gasteiger partial charge in [-0.05, 0) is 29.8 Å². The summed E-state index contributed by atoms with van der Waals surface area (Å²) in [6.45, 7) is 0.839. The number of carbonyl (C=O) groups excluding carboxylic acids is 1. The average Bonchev–Trinajstić information content (AvgIpc) is 2.77. The smallest absolute Gasteiger partial charge is 0.262 e. The number of halogens is 1. The highest BCUT2D eigenvalue weighted by atomic mass is 79.9. The summed E-state index contributed by atoms with van der Waals surface area (Å²) in [7, 11) is 3.02. The molecule has 0 aliphatic rings. The number of hydrogen-bond acceptors (Lipinski definition) is 6. The van der Waals surface area contributed by atoms with Crippen LogP contribution in [0.3, 0.4) is 0 Å². The van der Waals surface area contributed by atoms with Crippen LogP contribution in [0.5, 0.6) is 11.5 Å². The summed E-state index contributed by atoms with van der Waals surface area (Å²) in [5.74, 6) is 0.391. The quantitative estimate of drug-likeness (QED) is 0.341. The van der Waals surface area contributed by atoms with Gasteiger partial charge in [-0.1, -0.05) is 34.1 Å². The van der Waals surface area contributed by atoms with E-state index in [1.54, 1.807) is 24.3 Å². The van der Waals surface area contributed by atoms with Gasteiger partial charge in [0.05, 0.1) is 25.3 Å². The molecule has 0 spiro atoms. The summed E-state index contributed by atoms with van der Waals surface area (Å²) >= 11 is 3.44. The first-order chi connectivity index (χ1) is 14.5. The molecule has 0 aliphatic heterocycles. The maximum Gasteiger partial charge on any atom is 0.262 e. The van der Waals surface area contributed by atoms with Crippen molar-refractivity contribution >= 4 is 27.9 Å². The Morgan fingerprint density at radius 3 is 2.63 bits per heavy atom. The monoisotopic (exact) mass is 469 g/mol. The molecule has 0 saturated carbocycles. The number of hydrogen-bond donors (Lipinski definition) is 1. The van der Waals surface area contributed by atoms with E-state index in [-0.39, 0.29) is 12.2 Å². The number of nitrogens with one attached hydrogen (secondary N) is 1. The summed E-state index contributed by atoms with van der Waals surface area (Å²) in [5.41, 5.74) is 1.82. The lowest BCUT2D eigenvalue weighted by atomic mass is 10.1. The Bertz CT molecular complexity index is 1020. The number of amides is 1. The number of ether oxygens (including phenoxy) is 3. The number of nitriles is 2. The van der Waals surface area contributed by atoms with Crippen LogP contribution in [0.4, 0.5) is 0 Å². The maximum absolute atomic E-state index is 12.2. The highest BCUT2D eigenvalue weighted by molar-refractivity contribution is 9.10. The van der Waals surface area contributed by atoms with E-state index in [4.69, 9.17) is 14.2 Å². The average molecular weight is 470 g/mol. The predicted octanol–water partition coefficient (Wildman–Crippen LogP) is 3.58. The van der Waals surface area contributed by atoms with E-state index >= 15 is 0 Å². The van der Waals surface area contributed by atoms with Gasteiger partial charge in [0.2, 0.25) is 0 Å². The van der Waals surface area contributed by atoms with Crippen molar-refractivity contribution in [2.75, 3.05) is 27.4 Å². The topological polar surface area (TPSA) is 104 Å². The van der Waals surface area contributed by atoms with E-state index in [9.17, 15) is 15.3 Å². The minimum absolute atomic E-state index is 0.0505. The molecular formula is C22H20BrN3O4. The second kappa shape index (κ2) is 11.6. The van der Waals surface area contributed by atoms with Crippen LogP contribution in [-0.2, 0) is 16.1 Å². The third kappa shape index (κ3) is 6.08. The lowest BCUT2D eigenvalue weighted by Gasteiger charge is -2.13. The summed E-state index contributed by atoms with van der Waals surface area (Å²) in [6, 6.07) is 14.6. The summed E-state index contributed by atoms with van der Waals surface area (Å²) < 4.78 is 16.8. The fourth-order valence-electron chi connectivity index (χ4n) is 2.51. The molecule has 154 valence electrons. The van der Waals surface area contributed by atoms with Crippen LogP contribution >= 0.6 is 15.9 Å². The lowest BCUT2D eigenvalue weighted by molar-refractivity contribution is -0.117. The van der Waals surface area contributed by atoms with Crippen LogP contribution in [0.25, 0.3) is 6.08 Å². The lowest BCUT2D eigenvalue weighted by Crippen LogP contribution is -2.27. The predicted molar refractivity (Wildman–Crippen MR) is 115 cm³/mol. The zero-order valence-corrected chi connectivity index (χ0v) is 18.2. The molecule has 30 heavy (non-hydrogen) atoms. The van der Waals surface area contributed by atoms with E-state index in [1.165, 1.54) is 20.3 Å². The Balaban J connectivity index is 2.25. The first-order valence-corrected chi connectivity index (χ1v) is 9.70. The third-order valence-electron chi connectivity index (χ3n) is 4.06. The number of carbonyl (C=O) groups is 1. The first kappa shape index (κ1) is 23.0. The van der Waals surface area contributed by atoms with Crippen LogP contribution in [0.2, 0.25) is 0 Å². The van der Waals surface area contributed by atoms with Crippen molar-refractivity contribution in [1.82, 2.24) is 5.32 Å². The Hall–Kier alpha value is -3.33. The van der Waals surface area contributed by atoms with Crippen LogP contribution in [0.15, 0.2) is 46.4 Å². The van der Waals surface area contributed by atoms with Crippen molar-refractivity contribution in [1.29, 1.82) is 10.5 Å². The van der Waals surface area contributed by atoms with Crippen LogP contribution in [-0.4, -0.2) is 33.3 Å². The minimum Gasteiger partial charge on any atom is -0.493 e. The van der Waals surface area contributed by atoms with Gasteiger partial charge >= 0.3 is 0 Å². The molecule has 1 amide bonds. The van der Waals surface area contributed by atoms with Gasteiger partial charge in [0.25, 0.3) is 5.91 Å². The van der Waals surface area contributed by atoms with E-state index < -0.39 is 5.91 Å². The summed E-state index contributed by atoms with van der Waals surface area (Å²) in [6.07, 6.45) is 1.46. The molecular weight excluding hydrogens is 450 g/mol. The first-order valence-electron chi connectivity index (χ1n) is 8.91. The van der Waals surface area contributed by atoms with Crippen molar-refractivity contribution < 1.29 is 19.0 Å². The van der Waals surface area contributed by atoms with Crippen LogP contribution in [0, 0.1) is 22.7 Å². The van der Waals surface area contributed by atoms with Crippen molar-refractivity contribution in [3.05, 3.63) is 63.1 Å². The fourth-order valence-corrected chi connectivity index (χ4v) is 2.95. The molecule has 0 fully saturated rings. The molecule has 1 N–H and O–H groups in total. The normalized spacial score (nSPS) is 10.6. The molecule has 7 nitrogen and oxygen atoms in total. The second-order valence-corrected chi connectivity index (χ2v) is 6.86. The molecule has 2 aromatic carbocycles. The van der Waals surface area contributed by atoms with Gasteiger partial charge in [-0.25, -0.2) is 0 Å². The van der Waals surface area contributed by atoms with Gasteiger partial charge in [0, 0.05) is 23.7 Å². The molecule has 0 aromatic heterocycles. The summed E-state index contributed by atoms with van der Waals surface area (Å²) in [5, 5.41) is 21.2. The SMILES string of the molecule is COCCNC(=O)/C(C#N)=C/c1cc(OC)c(OCc2ccccc2C#N)cc1Br. The largest absolute Gasteiger partial charge is 0.493 e. The molecule has 2 aromatic rings. The Labute approximate surface area is 183 Å². The van der Waals surface area contributed by atoms with E-state index in [1.807, 2.05) is 18.2 Å². The van der Waals surface area contributed by atoms with Crippen molar-refractivity contribution in [2.24, 2.45) is 0 Å². The number of nitrogens with zero attached hydrogens (tertiary/aromatic N) is 2.